The fraction of sp³-hybridized carbons (Fsp3) is 0.250. The summed E-state index contributed by atoms with van der Waals surface area (Å²) in [5, 5.41) is 28.3. The van der Waals surface area contributed by atoms with Crippen molar-refractivity contribution in [2.24, 2.45) is 7.05 Å². The molecule has 0 radical (unpaired) electrons. The molecule has 4 aromatic rings. The highest BCUT2D eigenvalue weighted by molar-refractivity contribution is 8.01. The van der Waals surface area contributed by atoms with E-state index in [0.29, 0.717) is 32.4 Å². The second-order valence-electron chi connectivity index (χ2n) is 9.05. The number of aryl methyl sites for hydroxylation is 1. The minimum atomic E-state index is -1.23. The lowest BCUT2D eigenvalue weighted by atomic mass is 10.0. The molecule has 2 aliphatic rings. The average molecular weight is 612 g/mol. The molecule has 1 saturated heterocycles. The zero-order chi connectivity index (χ0) is 28.7. The van der Waals surface area contributed by atoms with Crippen molar-refractivity contribution in [1.29, 1.82) is 0 Å². The zero-order valence-electron chi connectivity index (χ0n) is 21.2. The number of carboxylic acid groups (broad SMARTS) is 1. The fourth-order valence-corrected chi connectivity index (χ4v) is 7.62. The van der Waals surface area contributed by atoms with Crippen molar-refractivity contribution in [3.8, 4) is 0 Å². The predicted octanol–water partition coefficient (Wildman–Crippen LogP) is 1.15. The van der Waals surface area contributed by atoms with Crippen LogP contribution in [-0.4, -0.2) is 86.8 Å². The number of aromatic nitrogens is 6. The quantitative estimate of drug-likeness (QED) is 0.157. The van der Waals surface area contributed by atoms with Crippen molar-refractivity contribution in [1.82, 2.24) is 45.7 Å². The van der Waals surface area contributed by atoms with E-state index in [1.807, 2.05) is 6.07 Å². The molecule has 0 aliphatic carbocycles. The molecule has 210 valence electrons. The maximum atomic E-state index is 13.5. The molecule has 0 spiro atoms. The number of thiophene rings is 1. The number of carbonyl (C=O) groups excluding carboxylic acids is 3. The Morgan fingerprint density at radius 2 is 2.07 bits per heavy atom. The Morgan fingerprint density at radius 3 is 2.78 bits per heavy atom. The molecule has 14 nitrogen and oxygen atoms in total. The molecule has 1 aromatic carbocycles. The molecule has 4 N–H and O–H groups in total. The third-order valence-electron chi connectivity index (χ3n) is 6.47. The number of imidazole rings is 1. The van der Waals surface area contributed by atoms with E-state index < -0.39 is 41.1 Å². The number of fused-ring (bicyclic) bond motifs is 2. The van der Waals surface area contributed by atoms with Crippen molar-refractivity contribution in [3.05, 3.63) is 63.7 Å². The van der Waals surface area contributed by atoms with Crippen LogP contribution in [0.25, 0.3) is 11.0 Å². The Hall–Kier alpha value is -4.22. The number of aromatic amines is 1. The third-order valence-corrected chi connectivity index (χ3v) is 9.85. The molecule has 2 aliphatic heterocycles. The van der Waals surface area contributed by atoms with Gasteiger partial charge in [0.05, 0.1) is 11.0 Å². The minimum absolute atomic E-state index is 0.0491. The van der Waals surface area contributed by atoms with Crippen LogP contribution in [0.3, 0.4) is 0 Å². The van der Waals surface area contributed by atoms with Gasteiger partial charge in [0, 0.05) is 23.4 Å². The minimum Gasteiger partial charge on any atom is -0.477 e. The number of hydrogen-bond acceptors (Lipinski definition) is 11. The zero-order valence-corrected chi connectivity index (χ0v) is 23.6. The van der Waals surface area contributed by atoms with Crippen LogP contribution >= 0.6 is 34.9 Å². The van der Waals surface area contributed by atoms with Gasteiger partial charge in [0.2, 0.25) is 11.1 Å². The Kier molecular flexibility index (Phi) is 7.22. The summed E-state index contributed by atoms with van der Waals surface area (Å²) in [5.74, 6) is -2.26. The van der Waals surface area contributed by atoms with Crippen molar-refractivity contribution in [3.63, 3.8) is 0 Å². The number of nitrogens with one attached hydrogen (secondary N) is 3. The number of nitrogens with zero attached hydrogens (tertiary/aromatic N) is 6. The molecule has 3 amide bonds. The van der Waals surface area contributed by atoms with Gasteiger partial charge in [-0.05, 0) is 39.6 Å². The highest BCUT2D eigenvalue weighted by atomic mass is 32.2. The lowest BCUT2D eigenvalue weighted by Crippen LogP contribution is -2.71. The first-order chi connectivity index (χ1) is 19.8. The number of amides is 3. The number of carboxylic acids is 1. The second-order valence-corrected chi connectivity index (χ2v) is 12.1. The van der Waals surface area contributed by atoms with E-state index >= 15 is 0 Å². The summed E-state index contributed by atoms with van der Waals surface area (Å²) in [6, 6.07) is 8.58. The Balaban J connectivity index is 1.17. The molecule has 5 heterocycles. The van der Waals surface area contributed by atoms with Crippen LogP contribution in [0.2, 0.25) is 0 Å². The molecule has 1 fully saturated rings. The molecule has 6 rings (SSSR count). The van der Waals surface area contributed by atoms with Crippen LogP contribution in [0.5, 0.6) is 0 Å². The first-order valence-electron chi connectivity index (χ1n) is 12.2. The summed E-state index contributed by atoms with van der Waals surface area (Å²) in [5.41, 5.74) is 1.74. The normalized spacial score (nSPS) is 19.0. The summed E-state index contributed by atoms with van der Waals surface area (Å²) in [6.07, 6.45) is 0. The number of hydrogen-bond donors (Lipinski definition) is 4. The number of H-pyrrole nitrogens is 1. The van der Waals surface area contributed by atoms with E-state index in [1.54, 1.807) is 42.8 Å². The summed E-state index contributed by atoms with van der Waals surface area (Å²) < 4.78 is 1.47. The maximum Gasteiger partial charge on any atom is 0.352 e. The van der Waals surface area contributed by atoms with Gasteiger partial charge in [0.15, 0.2) is 5.82 Å². The van der Waals surface area contributed by atoms with Gasteiger partial charge in [-0.25, -0.2) is 14.5 Å². The molecule has 3 aromatic heterocycles. The largest absolute Gasteiger partial charge is 0.477 e. The first-order valence-corrected chi connectivity index (χ1v) is 15.1. The van der Waals surface area contributed by atoms with Crippen LogP contribution < -0.4 is 10.6 Å². The van der Waals surface area contributed by atoms with Gasteiger partial charge in [-0.3, -0.25) is 19.3 Å². The second kappa shape index (κ2) is 11.0. The summed E-state index contributed by atoms with van der Waals surface area (Å²) >= 11 is 3.90. The SMILES string of the molecule is Cn1nnnc1SCC1=C(C(=O)O)N2C(=O)C(NC(=O)C(NC(=O)c3nc4ccccc4[nH]3)c3cccs3)[C@H]2SC1. The predicted molar refractivity (Wildman–Crippen MR) is 150 cm³/mol. The Morgan fingerprint density at radius 1 is 1.24 bits per heavy atom. The molecule has 41 heavy (non-hydrogen) atoms. The Bertz CT molecular complexity index is 1670. The number of rotatable bonds is 9. The van der Waals surface area contributed by atoms with E-state index in [2.05, 4.69) is 36.1 Å². The summed E-state index contributed by atoms with van der Waals surface area (Å²) in [4.78, 5) is 60.9. The van der Waals surface area contributed by atoms with Gasteiger partial charge < -0.3 is 20.7 Å². The number of aliphatic carboxylic acids is 1. The number of benzene rings is 1. The lowest BCUT2D eigenvalue weighted by molar-refractivity contribution is -0.150. The van der Waals surface area contributed by atoms with Crippen molar-refractivity contribution in [2.45, 2.75) is 22.6 Å². The van der Waals surface area contributed by atoms with Gasteiger partial charge in [-0.15, -0.1) is 28.2 Å². The fourth-order valence-electron chi connectivity index (χ4n) is 4.51. The van der Waals surface area contributed by atoms with Gasteiger partial charge in [0.25, 0.3) is 11.8 Å². The van der Waals surface area contributed by atoms with Crippen molar-refractivity contribution >= 4 is 69.6 Å². The molecule has 17 heteroatoms. The Labute approximate surface area is 244 Å². The van der Waals surface area contributed by atoms with Crippen molar-refractivity contribution in [2.75, 3.05) is 11.5 Å². The molecule has 3 atom stereocenters. The highest BCUT2D eigenvalue weighted by Crippen LogP contribution is 2.41. The number of thioether (sulfide) groups is 2. The van der Waals surface area contributed by atoms with Gasteiger partial charge >= 0.3 is 5.97 Å². The number of carbonyl (C=O) groups is 4. The van der Waals surface area contributed by atoms with Gasteiger partial charge in [-0.2, -0.15) is 0 Å². The van der Waals surface area contributed by atoms with Crippen LogP contribution in [-0.2, 0) is 21.4 Å². The molecule has 0 saturated carbocycles. The maximum absolute atomic E-state index is 13.5. The number of β-lactam (4-membered cyclic amide) rings is 1. The van der Waals surface area contributed by atoms with Crippen LogP contribution in [0.1, 0.15) is 21.5 Å². The highest BCUT2D eigenvalue weighted by Gasteiger charge is 2.54. The monoisotopic (exact) mass is 611 g/mol. The third kappa shape index (κ3) is 5.07. The molecular weight excluding hydrogens is 591 g/mol. The van der Waals surface area contributed by atoms with Crippen molar-refractivity contribution < 1.29 is 24.3 Å². The standard InChI is InChI=1S/C24H21N9O5S3/c1-32-24(29-30-31-32)41-10-11-9-40-22-16(21(36)33(22)17(11)23(37)38)28-19(34)15(14-7-4-8-39-14)27-20(35)18-25-12-5-2-3-6-13(12)26-18/h2-8,15-16,22H,9-10H2,1H3,(H,25,26)(H,27,35)(H,28,34)(H,37,38)/t15?,16?,22-/m1/s1. The number of tetrazole rings is 1. The van der Waals surface area contributed by atoms with E-state index in [4.69, 9.17) is 0 Å². The van der Waals surface area contributed by atoms with E-state index in [1.165, 1.54) is 44.4 Å². The average Bonchev–Trinajstić information content (AvgIpc) is 3.74. The van der Waals surface area contributed by atoms with E-state index in [-0.39, 0.29) is 17.3 Å². The summed E-state index contributed by atoms with van der Waals surface area (Å²) in [6.45, 7) is 0. The van der Waals surface area contributed by atoms with Gasteiger partial charge in [-0.1, -0.05) is 30.0 Å². The van der Waals surface area contributed by atoms with Crippen LogP contribution in [0, 0.1) is 0 Å². The smallest absolute Gasteiger partial charge is 0.352 e. The van der Waals surface area contributed by atoms with E-state index in [9.17, 15) is 24.3 Å². The number of para-hydroxylation sites is 2. The van der Waals surface area contributed by atoms with Crippen LogP contribution in [0.15, 0.2) is 58.2 Å². The first kappa shape index (κ1) is 27.0. The van der Waals surface area contributed by atoms with Gasteiger partial charge in [0.1, 0.15) is 23.2 Å². The molecular formula is C24H21N9O5S3. The topological polar surface area (TPSA) is 188 Å². The van der Waals surface area contributed by atoms with E-state index in [0.717, 1.165) is 0 Å². The van der Waals surface area contributed by atoms with Crippen LogP contribution in [0.4, 0.5) is 0 Å². The molecule has 2 unspecified atom stereocenters. The lowest BCUT2D eigenvalue weighted by Gasteiger charge is -2.49. The molecule has 0 bridgehead atoms. The summed E-state index contributed by atoms with van der Waals surface area (Å²) in [7, 11) is 1.68.